The minimum Gasteiger partial charge on any atom is -0.477 e. The smallest absolute Gasteiger partial charge is 0.406 e. The maximum absolute atomic E-state index is 12.4. The number of carbonyl (C=O) groups excluding carboxylic acids is 2. The van der Waals surface area contributed by atoms with E-state index in [1.165, 1.54) is 18.3 Å². The van der Waals surface area contributed by atoms with Gasteiger partial charge in [0.2, 0.25) is 11.5 Å². The van der Waals surface area contributed by atoms with E-state index >= 15 is 0 Å². The van der Waals surface area contributed by atoms with Crippen molar-refractivity contribution in [3.05, 3.63) is 51.0 Å². The summed E-state index contributed by atoms with van der Waals surface area (Å²) in [4.78, 5) is 41.0. The molecule has 0 saturated carbocycles. The van der Waals surface area contributed by atoms with Gasteiger partial charge in [-0.3, -0.25) is 4.79 Å². The Hall–Kier alpha value is -3.23. The maximum atomic E-state index is 12.4. The Kier molecular flexibility index (Phi) is 5.48. The summed E-state index contributed by atoms with van der Waals surface area (Å²) >= 11 is 0. The zero-order valence-electron chi connectivity index (χ0n) is 14.0. The number of ketones is 1. The minimum atomic E-state index is -0.692. The standard InChI is InChI=1S/C16H17N3O6/c1-4-24-16(21)13-9(2)14(18-10(13)3)11(20)8-25-12-6-5-7-17-15(12)19(22)23/h5-7,18H,4,8H2,1-3H3. The number of aromatic amines is 1. The number of Topliss-reactive ketones (excluding diaryl/α,β-unsaturated/α-hetero) is 1. The zero-order valence-corrected chi connectivity index (χ0v) is 14.0. The molecule has 2 aromatic heterocycles. The zero-order chi connectivity index (χ0) is 18.6. The van der Waals surface area contributed by atoms with Gasteiger partial charge in [0.05, 0.1) is 17.9 Å². The summed E-state index contributed by atoms with van der Waals surface area (Å²) in [5.41, 5.74) is 1.46. The van der Waals surface area contributed by atoms with E-state index in [-0.39, 0.29) is 18.1 Å². The van der Waals surface area contributed by atoms with E-state index < -0.39 is 29.1 Å². The van der Waals surface area contributed by atoms with Crippen LogP contribution in [0, 0.1) is 24.0 Å². The highest BCUT2D eigenvalue weighted by molar-refractivity contribution is 6.02. The number of hydrogen-bond donors (Lipinski definition) is 1. The first-order chi connectivity index (χ1) is 11.9. The molecule has 0 atom stereocenters. The Morgan fingerprint density at radius 2 is 2.08 bits per heavy atom. The van der Waals surface area contributed by atoms with Gasteiger partial charge >= 0.3 is 11.8 Å². The number of nitrogens with one attached hydrogen (secondary N) is 1. The molecule has 0 aliphatic heterocycles. The minimum absolute atomic E-state index is 0.104. The molecule has 0 aliphatic rings. The van der Waals surface area contributed by atoms with Crippen molar-refractivity contribution in [3.8, 4) is 5.75 Å². The summed E-state index contributed by atoms with van der Waals surface area (Å²) in [7, 11) is 0. The van der Waals surface area contributed by atoms with Crippen molar-refractivity contribution in [1.29, 1.82) is 0 Å². The first-order valence-corrected chi connectivity index (χ1v) is 7.48. The number of H-pyrrole nitrogens is 1. The van der Waals surface area contributed by atoms with Gasteiger partial charge in [-0.2, -0.15) is 0 Å². The number of hydrogen-bond acceptors (Lipinski definition) is 7. The van der Waals surface area contributed by atoms with Gasteiger partial charge in [0.1, 0.15) is 6.20 Å². The van der Waals surface area contributed by atoms with Gasteiger partial charge in [0.25, 0.3) is 0 Å². The molecule has 2 aromatic rings. The Morgan fingerprint density at radius 1 is 1.36 bits per heavy atom. The number of ether oxygens (including phenoxy) is 2. The summed E-state index contributed by atoms with van der Waals surface area (Å²) in [6, 6.07) is 2.82. The maximum Gasteiger partial charge on any atom is 0.406 e. The molecular weight excluding hydrogens is 330 g/mol. The summed E-state index contributed by atoms with van der Waals surface area (Å²) in [5, 5.41) is 10.9. The molecule has 0 radical (unpaired) electrons. The average molecular weight is 347 g/mol. The van der Waals surface area contributed by atoms with E-state index in [0.29, 0.717) is 16.8 Å². The van der Waals surface area contributed by atoms with Crippen LogP contribution in [0.25, 0.3) is 0 Å². The van der Waals surface area contributed by atoms with Gasteiger partial charge in [-0.25, -0.2) is 4.79 Å². The van der Waals surface area contributed by atoms with Crippen molar-refractivity contribution in [2.75, 3.05) is 13.2 Å². The topological polar surface area (TPSA) is 124 Å². The van der Waals surface area contributed by atoms with Gasteiger partial charge < -0.3 is 24.6 Å². The highest BCUT2D eigenvalue weighted by atomic mass is 16.6. The number of rotatable bonds is 7. The van der Waals surface area contributed by atoms with Crippen LogP contribution >= 0.6 is 0 Å². The first kappa shape index (κ1) is 18.1. The Balaban J connectivity index is 2.19. The summed E-state index contributed by atoms with van der Waals surface area (Å²) in [6.45, 7) is 4.75. The highest BCUT2D eigenvalue weighted by Gasteiger charge is 2.24. The Morgan fingerprint density at radius 3 is 2.72 bits per heavy atom. The van der Waals surface area contributed by atoms with Crippen LogP contribution in [0.2, 0.25) is 0 Å². The van der Waals surface area contributed by atoms with Crippen molar-refractivity contribution < 1.29 is 24.0 Å². The van der Waals surface area contributed by atoms with Crippen LogP contribution in [0.15, 0.2) is 18.3 Å². The second-order valence-corrected chi connectivity index (χ2v) is 5.14. The molecule has 9 nitrogen and oxygen atoms in total. The third kappa shape index (κ3) is 3.82. The molecule has 0 saturated heterocycles. The lowest BCUT2D eigenvalue weighted by Gasteiger charge is -2.05. The van der Waals surface area contributed by atoms with E-state index in [9.17, 15) is 19.7 Å². The third-order valence-electron chi connectivity index (χ3n) is 3.48. The average Bonchev–Trinajstić information content (AvgIpc) is 2.87. The molecular formula is C16H17N3O6. The monoisotopic (exact) mass is 347 g/mol. The number of carbonyl (C=O) groups is 2. The SMILES string of the molecule is CCOC(=O)c1c(C)[nH]c(C(=O)COc2cccnc2[N+](=O)[O-])c1C. The Labute approximate surface area is 143 Å². The predicted molar refractivity (Wildman–Crippen MR) is 86.9 cm³/mol. The van der Waals surface area contributed by atoms with Crippen molar-refractivity contribution in [1.82, 2.24) is 9.97 Å². The lowest BCUT2D eigenvalue weighted by atomic mass is 10.1. The van der Waals surface area contributed by atoms with Crippen LogP contribution in [0.3, 0.4) is 0 Å². The fraction of sp³-hybridized carbons (Fsp3) is 0.312. The highest BCUT2D eigenvalue weighted by Crippen LogP contribution is 2.24. The largest absolute Gasteiger partial charge is 0.477 e. The van der Waals surface area contributed by atoms with Crippen LogP contribution < -0.4 is 4.74 Å². The van der Waals surface area contributed by atoms with Crippen LogP contribution in [0.1, 0.15) is 39.0 Å². The predicted octanol–water partition coefficient (Wildman–Crippen LogP) is 2.37. The van der Waals surface area contributed by atoms with Crippen LogP contribution in [0.4, 0.5) is 5.82 Å². The molecule has 0 unspecified atom stereocenters. The van der Waals surface area contributed by atoms with Gasteiger partial charge in [-0.1, -0.05) is 0 Å². The molecule has 25 heavy (non-hydrogen) atoms. The third-order valence-corrected chi connectivity index (χ3v) is 3.48. The van der Waals surface area contributed by atoms with E-state index in [4.69, 9.17) is 9.47 Å². The normalized spacial score (nSPS) is 10.4. The fourth-order valence-corrected chi connectivity index (χ4v) is 2.39. The number of esters is 1. The van der Waals surface area contributed by atoms with Crippen molar-refractivity contribution in [2.24, 2.45) is 0 Å². The molecule has 9 heteroatoms. The van der Waals surface area contributed by atoms with E-state index in [1.54, 1.807) is 20.8 Å². The first-order valence-electron chi connectivity index (χ1n) is 7.48. The van der Waals surface area contributed by atoms with E-state index in [0.717, 1.165) is 0 Å². The molecule has 0 fully saturated rings. The van der Waals surface area contributed by atoms with Gasteiger partial charge in [0.15, 0.2) is 6.61 Å². The number of pyridine rings is 1. The quantitative estimate of drug-likeness (QED) is 0.353. The molecule has 2 heterocycles. The molecule has 2 rings (SSSR count). The van der Waals surface area contributed by atoms with Gasteiger partial charge in [-0.15, -0.1) is 0 Å². The Bertz CT molecular complexity index is 827. The molecule has 0 amide bonds. The summed E-state index contributed by atoms with van der Waals surface area (Å²) in [5.74, 6) is -1.54. The van der Waals surface area contributed by atoms with Gasteiger partial charge in [-0.05, 0) is 48.4 Å². The lowest BCUT2D eigenvalue weighted by Crippen LogP contribution is -2.14. The summed E-state index contributed by atoms with van der Waals surface area (Å²) < 4.78 is 10.2. The van der Waals surface area contributed by atoms with Crippen LogP contribution in [0.5, 0.6) is 5.75 Å². The molecule has 0 aromatic carbocycles. The molecule has 132 valence electrons. The number of aromatic nitrogens is 2. The second kappa shape index (κ2) is 7.56. The van der Waals surface area contributed by atoms with Crippen molar-refractivity contribution >= 4 is 17.6 Å². The molecule has 0 spiro atoms. The number of nitro groups is 1. The number of aryl methyl sites for hydroxylation is 1. The summed E-state index contributed by atoms with van der Waals surface area (Å²) in [6.07, 6.45) is 1.26. The number of nitrogens with zero attached hydrogens (tertiary/aromatic N) is 2. The second-order valence-electron chi connectivity index (χ2n) is 5.14. The van der Waals surface area contributed by atoms with Crippen molar-refractivity contribution in [2.45, 2.75) is 20.8 Å². The molecule has 0 aliphatic carbocycles. The van der Waals surface area contributed by atoms with Crippen LogP contribution in [-0.4, -0.2) is 39.9 Å². The molecule has 0 bridgehead atoms. The molecule has 1 N–H and O–H groups in total. The van der Waals surface area contributed by atoms with Crippen molar-refractivity contribution in [3.63, 3.8) is 0 Å². The van der Waals surface area contributed by atoms with Crippen LogP contribution in [-0.2, 0) is 4.74 Å². The fourth-order valence-electron chi connectivity index (χ4n) is 2.39. The van der Waals surface area contributed by atoms with Gasteiger partial charge in [0, 0.05) is 5.69 Å². The van der Waals surface area contributed by atoms with E-state index in [2.05, 4.69) is 9.97 Å². The lowest BCUT2D eigenvalue weighted by molar-refractivity contribution is -0.390. The van der Waals surface area contributed by atoms with E-state index in [1.807, 2.05) is 0 Å².